The highest BCUT2D eigenvalue weighted by Gasteiger charge is 2.36. The minimum Gasteiger partial charge on any atom is -0.481 e. The summed E-state index contributed by atoms with van der Waals surface area (Å²) in [6.07, 6.45) is 2.07. The lowest BCUT2D eigenvalue weighted by molar-refractivity contribution is -0.140. The van der Waals surface area contributed by atoms with E-state index in [0.29, 0.717) is 55.6 Å². The van der Waals surface area contributed by atoms with Gasteiger partial charge in [-0.05, 0) is 31.4 Å². The van der Waals surface area contributed by atoms with Crippen molar-refractivity contribution in [2.45, 2.75) is 44.1 Å². The quantitative estimate of drug-likeness (QED) is 0.674. The number of aryl methyl sites for hydroxylation is 1. The van der Waals surface area contributed by atoms with E-state index in [1.54, 1.807) is 18.2 Å². The molecule has 0 unspecified atom stereocenters. The van der Waals surface area contributed by atoms with Crippen molar-refractivity contribution in [2.24, 2.45) is 0 Å². The molecule has 1 aromatic carbocycles. The Labute approximate surface area is 156 Å². The number of H-pyrrole nitrogens is 1. The summed E-state index contributed by atoms with van der Waals surface area (Å²) in [5.74, 6) is -0.589. The maximum absolute atomic E-state index is 12.3. The van der Waals surface area contributed by atoms with Gasteiger partial charge in [0.05, 0.1) is 22.9 Å². The number of benzene rings is 1. The molecule has 1 fully saturated rings. The molecule has 0 aliphatic carbocycles. The average Bonchev–Trinajstić information content (AvgIpc) is 2.61. The van der Waals surface area contributed by atoms with E-state index >= 15 is 0 Å². The van der Waals surface area contributed by atoms with Crippen molar-refractivity contribution < 1.29 is 19.4 Å². The first-order valence-electron chi connectivity index (χ1n) is 9.06. The third-order valence-corrected chi connectivity index (χ3v) is 4.82. The summed E-state index contributed by atoms with van der Waals surface area (Å²) < 4.78 is 5.29. The molecule has 0 saturated carbocycles. The molecular weight excluding hydrogens is 350 g/mol. The fourth-order valence-electron chi connectivity index (χ4n) is 3.43. The summed E-state index contributed by atoms with van der Waals surface area (Å²) in [6, 6.07) is 7.10. The van der Waals surface area contributed by atoms with Gasteiger partial charge in [0, 0.05) is 26.1 Å². The van der Waals surface area contributed by atoms with Crippen molar-refractivity contribution in [2.75, 3.05) is 13.2 Å². The van der Waals surface area contributed by atoms with Gasteiger partial charge in [0.25, 0.3) is 5.56 Å². The van der Waals surface area contributed by atoms with E-state index in [9.17, 15) is 14.4 Å². The normalized spacial score (nSPS) is 16.1. The minimum absolute atomic E-state index is 0.109. The van der Waals surface area contributed by atoms with Crippen LogP contribution in [0.4, 0.5) is 0 Å². The van der Waals surface area contributed by atoms with Crippen molar-refractivity contribution >= 4 is 22.8 Å². The van der Waals surface area contributed by atoms with Crippen LogP contribution in [0.1, 0.15) is 37.9 Å². The number of carbonyl (C=O) groups is 2. The number of aromatic amines is 1. The molecule has 144 valence electrons. The lowest BCUT2D eigenvalue weighted by Gasteiger charge is -2.36. The molecule has 8 heteroatoms. The molecule has 27 heavy (non-hydrogen) atoms. The van der Waals surface area contributed by atoms with Gasteiger partial charge in [-0.2, -0.15) is 0 Å². The number of para-hydroxylation sites is 1. The molecule has 1 aliphatic rings. The van der Waals surface area contributed by atoms with Crippen molar-refractivity contribution in [3.8, 4) is 0 Å². The SMILES string of the molecule is O=C(O)CC1(NC(=O)CCCc2nc3ccccc3c(=O)[nH]2)CCOCC1. The average molecular weight is 373 g/mol. The van der Waals surface area contributed by atoms with Gasteiger partial charge in [-0.25, -0.2) is 4.98 Å². The molecule has 3 rings (SSSR count). The van der Waals surface area contributed by atoms with E-state index in [-0.39, 0.29) is 24.3 Å². The van der Waals surface area contributed by atoms with Crippen molar-refractivity contribution in [3.05, 3.63) is 40.4 Å². The van der Waals surface area contributed by atoms with Gasteiger partial charge < -0.3 is 20.1 Å². The van der Waals surface area contributed by atoms with Crippen molar-refractivity contribution in [3.63, 3.8) is 0 Å². The highest BCUT2D eigenvalue weighted by atomic mass is 16.5. The molecule has 1 aliphatic heterocycles. The number of carbonyl (C=O) groups excluding carboxylic acids is 1. The number of fused-ring (bicyclic) bond motifs is 1. The Morgan fingerprint density at radius 2 is 2.00 bits per heavy atom. The van der Waals surface area contributed by atoms with Gasteiger partial charge in [-0.1, -0.05) is 12.1 Å². The number of aromatic nitrogens is 2. The van der Waals surface area contributed by atoms with Crippen LogP contribution in [0.25, 0.3) is 10.9 Å². The van der Waals surface area contributed by atoms with E-state index in [1.807, 2.05) is 6.07 Å². The molecule has 0 bridgehead atoms. The zero-order valence-electron chi connectivity index (χ0n) is 15.0. The van der Waals surface area contributed by atoms with E-state index < -0.39 is 11.5 Å². The van der Waals surface area contributed by atoms with Crippen LogP contribution in [-0.2, 0) is 20.7 Å². The molecule has 3 N–H and O–H groups in total. The molecule has 0 spiro atoms. The monoisotopic (exact) mass is 373 g/mol. The van der Waals surface area contributed by atoms with Crippen molar-refractivity contribution in [1.29, 1.82) is 0 Å². The van der Waals surface area contributed by atoms with E-state index in [1.165, 1.54) is 0 Å². The molecule has 1 aromatic heterocycles. The lowest BCUT2D eigenvalue weighted by Crippen LogP contribution is -2.53. The Bertz CT molecular complexity index is 886. The largest absolute Gasteiger partial charge is 0.481 e. The van der Waals surface area contributed by atoms with Crippen LogP contribution in [0.15, 0.2) is 29.1 Å². The Morgan fingerprint density at radius 1 is 1.26 bits per heavy atom. The zero-order chi connectivity index (χ0) is 19.3. The summed E-state index contributed by atoms with van der Waals surface area (Å²) in [4.78, 5) is 42.7. The molecule has 1 amide bonds. The minimum atomic E-state index is -0.935. The number of hydrogen-bond donors (Lipinski definition) is 3. The number of hydrogen-bond acceptors (Lipinski definition) is 5. The number of carboxylic acid groups (broad SMARTS) is 1. The molecular formula is C19H23N3O5. The zero-order valence-corrected chi connectivity index (χ0v) is 15.0. The van der Waals surface area contributed by atoms with E-state index in [4.69, 9.17) is 9.84 Å². The first kappa shape index (κ1) is 19.0. The second kappa shape index (κ2) is 8.30. The van der Waals surface area contributed by atoms with Crippen LogP contribution in [0.2, 0.25) is 0 Å². The van der Waals surface area contributed by atoms with Crippen LogP contribution in [0.3, 0.4) is 0 Å². The predicted octanol–water partition coefficient (Wildman–Crippen LogP) is 1.39. The standard InChI is InChI=1S/C19H23N3O5/c23-16(22-19(12-17(24)25)8-10-27-11-9-19)7-3-6-15-20-14-5-2-1-4-13(14)18(26)21-15/h1-2,4-5H,3,6-12H2,(H,22,23)(H,24,25)(H,20,21,26). The van der Waals surface area contributed by atoms with Gasteiger partial charge in [0.15, 0.2) is 0 Å². The molecule has 2 heterocycles. The topological polar surface area (TPSA) is 121 Å². The summed E-state index contributed by atoms with van der Waals surface area (Å²) in [5.41, 5.74) is -0.303. The van der Waals surface area contributed by atoms with Gasteiger partial charge in [0.1, 0.15) is 5.82 Å². The van der Waals surface area contributed by atoms with Crippen LogP contribution < -0.4 is 10.9 Å². The third-order valence-electron chi connectivity index (χ3n) is 4.82. The Balaban J connectivity index is 1.57. The summed E-state index contributed by atoms with van der Waals surface area (Å²) in [5, 5.41) is 12.6. The maximum Gasteiger partial charge on any atom is 0.305 e. The molecule has 8 nitrogen and oxygen atoms in total. The number of amides is 1. The third kappa shape index (κ3) is 4.91. The Kier molecular flexibility index (Phi) is 5.85. The summed E-state index contributed by atoms with van der Waals surface area (Å²) >= 11 is 0. The van der Waals surface area contributed by atoms with Gasteiger partial charge >= 0.3 is 5.97 Å². The highest BCUT2D eigenvalue weighted by Crippen LogP contribution is 2.25. The number of rotatable bonds is 7. The van der Waals surface area contributed by atoms with Gasteiger partial charge in [0.2, 0.25) is 5.91 Å². The second-order valence-corrected chi connectivity index (χ2v) is 6.89. The maximum atomic E-state index is 12.3. The van der Waals surface area contributed by atoms with Crippen LogP contribution >= 0.6 is 0 Å². The molecule has 1 saturated heterocycles. The molecule has 2 aromatic rings. The van der Waals surface area contributed by atoms with Crippen LogP contribution in [0, 0.1) is 0 Å². The van der Waals surface area contributed by atoms with Crippen molar-refractivity contribution in [1.82, 2.24) is 15.3 Å². The first-order chi connectivity index (χ1) is 13.0. The number of nitrogens with one attached hydrogen (secondary N) is 2. The van der Waals surface area contributed by atoms with Gasteiger partial charge in [-0.15, -0.1) is 0 Å². The summed E-state index contributed by atoms with van der Waals surface area (Å²) in [7, 11) is 0. The number of carboxylic acids is 1. The predicted molar refractivity (Wildman–Crippen MR) is 98.5 cm³/mol. The van der Waals surface area contributed by atoms with E-state index in [2.05, 4.69) is 15.3 Å². The van der Waals surface area contributed by atoms with Crippen LogP contribution in [-0.4, -0.2) is 45.7 Å². The smallest absolute Gasteiger partial charge is 0.305 e. The first-order valence-corrected chi connectivity index (χ1v) is 9.06. The lowest BCUT2D eigenvalue weighted by atomic mass is 9.86. The van der Waals surface area contributed by atoms with E-state index in [0.717, 1.165) is 0 Å². The number of nitrogens with zero attached hydrogens (tertiary/aromatic N) is 1. The molecule has 0 atom stereocenters. The fraction of sp³-hybridized carbons (Fsp3) is 0.474. The fourth-order valence-corrected chi connectivity index (χ4v) is 3.43. The summed E-state index contributed by atoms with van der Waals surface area (Å²) in [6.45, 7) is 0.881. The Morgan fingerprint density at radius 3 is 2.74 bits per heavy atom. The Hall–Kier alpha value is -2.74. The number of ether oxygens (including phenoxy) is 1. The highest BCUT2D eigenvalue weighted by molar-refractivity contribution is 5.78. The molecule has 0 radical (unpaired) electrons. The van der Waals surface area contributed by atoms with Gasteiger partial charge in [-0.3, -0.25) is 14.4 Å². The van der Waals surface area contributed by atoms with Crippen LogP contribution in [0.5, 0.6) is 0 Å². The second-order valence-electron chi connectivity index (χ2n) is 6.89. The number of aliphatic carboxylic acids is 1.